The maximum atomic E-state index is 4.44. The van der Waals surface area contributed by atoms with Crippen LogP contribution < -0.4 is 0 Å². The minimum atomic E-state index is 0.573. The fraction of sp³-hybridized carbons (Fsp3) is 0.308. The normalized spacial score (nSPS) is 12.9. The van der Waals surface area contributed by atoms with Gasteiger partial charge in [-0.05, 0) is 30.5 Å². The molecule has 0 N–H and O–H groups in total. The van der Waals surface area contributed by atoms with Gasteiger partial charge < -0.3 is 0 Å². The molecule has 2 rings (SSSR count). The minimum absolute atomic E-state index is 0.573. The molecule has 0 amide bonds. The van der Waals surface area contributed by atoms with E-state index in [0.29, 0.717) is 4.83 Å². The van der Waals surface area contributed by atoms with Crippen LogP contribution in [-0.2, 0) is 6.42 Å². The number of rotatable bonds is 3. The third-order valence-electron chi connectivity index (χ3n) is 2.48. The van der Waals surface area contributed by atoms with Crippen LogP contribution in [0.4, 0.5) is 0 Å². The Hall–Kier alpha value is -0.890. The Balaban J connectivity index is 2.23. The number of benzene rings is 1. The summed E-state index contributed by atoms with van der Waals surface area (Å²) in [7, 11) is 0. The molecule has 0 saturated heterocycles. The van der Waals surface area contributed by atoms with Crippen LogP contribution in [0.25, 0.3) is 10.9 Å². The average molecular weight is 264 g/mol. The third-order valence-corrected chi connectivity index (χ3v) is 2.94. The molecule has 1 unspecified atom stereocenters. The van der Waals surface area contributed by atoms with E-state index in [-0.39, 0.29) is 0 Å². The minimum Gasteiger partial charge on any atom is -0.256 e. The van der Waals surface area contributed by atoms with Crippen LogP contribution in [-0.4, -0.2) is 9.81 Å². The highest BCUT2D eigenvalue weighted by Crippen LogP contribution is 2.15. The molecule has 0 radical (unpaired) electrons. The van der Waals surface area contributed by atoms with E-state index in [1.165, 1.54) is 10.9 Å². The maximum absolute atomic E-state index is 4.44. The molecule has 1 aromatic carbocycles. The highest BCUT2D eigenvalue weighted by molar-refractivity contribution is 9.09. The number of para-hydroxylation sites is 1. The Morgan fingerprint density at radius 1 is 1.33 bits per heavy atom. The van der Waals surface area contributed by atoms with E-state index in [0.717, 1.165) is 18.4 Å². The van der Waals surface area contributed by atoms with Gasteiger partial charge in [0.25, 0.3) is 0 Å². The van der Waals surface area contributed by atoms with Crippen LogP contribution in [0, 0.1) is 0 Å². The standard InChI is InChI=1S/C13H14BrN/c1-10(14)6-7-11-8-12-4-2-3-5-13(12)15-9-11/h2-5,8-10H,6-7H2,1H3. The lowest BCUT2D eigenvalue weighted by molar-refractivity contribution is 0.820. The van der Waals surface area contributed by atoms with Crippen LogP contribution in [0.2, 0.25) is 0 Å². The van der Waals surface area contributed by atoms with Gasteiger partial charge in [0.1, 0.15) is 0 Å². The van der Waals surface area contributed by atoms with Gasteiger partial charge in [0.2, 0.25) is 0 Å². The molecule has 1 nitrogen and oxygen atoms in total. The molecule has 0 spiro atoms. The summed E-state index contributed by atoms with van der Waals surface area (Å²) in [5.41, 5.74) is 2.40. The van der Waals surface area contributed by atoms with Crippen molar-refractivity contribution in [2.75, 3.05) is 0 Å². The topological polar surface area (TPSA) is 12.9 Å². The van der Waals surface area contributed by atoms with Crippen LogP contribution in [0.5, 0.6) is 0 Å². The van der Waals surface area contributed by atoms with E-state index in [2.05, 4.69) is 46.0 Å². The molecule has 0 saturated carbocycles. The van der Waals surface area contributed by atoms with E-state index in [4.69, 9.17) is 0 Å². The molecule has 0 bridgehead atoms. The smallest absolute Gasteiger partial charge is 0.0702 e. The summed E-state index contributed by atoms with van der Waals surface area (Å²) in [6.45, 7) is 2.18. The SMILES string of the molecule is CC(Br)CCc1cnc2ccccc2c1. The van der Waals surface area contributed by atoms with Crippen LogP contribution in [0.3, 0.4) is 0 Å². The molecule has 0 fully saturated rings. The van der Waals surface area contributed by atoms with Crippen molar-refractivity contribution in [3.63, 3.8) is 0 Å². The van der Waals surface area contributed by atoms with Crippen LogP contribution in [0.1, 0.15) is 18.9 Å². The second-order valence-electron chi connectivity index (χ2n) is 3.86. The van der Waals surface area contributed by atoms with Crippen molar-refractivity contribution >= 4 is 26.8 Å². The number of hydrogen-bond donors (Lipinski definition) is 0. The molecule has 1 heterocycles. The highest BCUT2D eigenvalue weighted by Gasteiger charge is 2.00. The van der Waals surface area contributed by atoms with Crippen LogP contribution >= 0.6 is 15.9 Å². The van der Waals surface area contributed by atoms with E-state index in [1.54, 1.807) is 0 Å². The van der Waals surface area contributed by atoms with Crippen molar-refractivity contribution in [2.45, 2.75) is 24.6 Å². The van der Waals surface area contributed by atoms with E-state index >= 15 is 0 Å². The molecular weight excluding hydrogens is 250 g/mol. The number of aryl methyl sites for hydroxylation is 1. The van der Waals surface area contributed by atoms with Crippen molar-refractivity contribution in [1.82, 2.24) is 4.98 Å². The number of alkyl halides is 1. The van der Waals surface area contributed by atoms with Gasteiger partial charge in [-0.3, -0.25) is 4.98 Å². The summed E-state index contributed by atoms with van der Waals surface area (Å²) in [6.07, 6.45) is 4.22. The Bertz CT molecular complexity index is 451. The molecule has 78 valence electrons. The zero-order chi connectivity index (χ0) is 10.7. The number of halogens is 1. The Kier molecular flexibility index (Phi) is 3.37. The maximum Gasteiger partial charge on any atom is 0.0702 e. The molecule has 1 aromatic heterocycles. The second-order valence-corrected chi connectivity index (χ2v) is 5.42. The quantitative estimate of drug-likeness (QED) is 0.765. The second kappa shape index (κ2) is 4.75. The highest BCUT2D eigenvalue weighted by atomic mass is 79.9. The van der Waals surface area contributed by atoms with Gasteiger partial charge in [0.05, 0.1) is 5.52 Å². The number of hydrogen-bond acceptors (Lipinski definition) is 1. The first-order chi connectivity index (χ1) is 7.25. The summed E-state index contributed by atoms with van der Waals surface area (Å²) in [5.74, 6) is 0. The van der Waals surface area contributed by atoms with E-state index in [9.17, 15) is 0 Å². The van der Waals surface area contributed by atoms with E-state index < -0.39 is 0 Å². The number of pyridine rings is 1. The molecular formula is C13H14BrN. The molecule has 15 heavy (non-hydrogen) atoms. The van der Waals surface area contributed by atoms with Crippen molar-refractivity contribution < 1.29 is 0 Å². The fourth-order valence-corrected chi connectivity index (χ4v) is 1.85. The monoisotopic (exact) mass is 263 g/mol. The average Bonchev–Trinajstić information content (AvgIpc) is 2.26. The molecule has 2 aromatic rings. The molecule has 0 aliphatic rings. The predicted molar refractivity (Wildman–Crippen MR) is 68.5 cm³/mol. The van der Waals surface area contributed by atoms with Crippen molar-refractivity contribution in [2.24, 2.45) is 0 Å². The lowest BCUT2D eigenvalue weighted by Gasteiger charge is -2.04. The van der Waals surface area contributed by atoms with Gasteiger partial charge >= 0.3 is 0 Å². The fourth-order valence-electron chi connectivity index (χ4n) is 1.62. The zero-order valence-electron chi connectivity index (χ0n) is 8.78. The number of nitrogens with zero attached hydrogens (tertiary/aromatic N) is 1. The Labute approximate surface area is 98.7 Å². The first-order valence-electron chi connectivity index (χ1n) is 5.23. The first kappa shape index (κ1) is 10.6. The Morgan fingerprint density at radius 3 is 2.93 bits per heavy atom. The van der Waals surface area contributed by atoms with Crippen molar-refractivity contribution in [3.8, 4) is 0 Å². The van der Waals surface area contributed by atoms with Crippen molar-refractivity contribution in [1.29, 1.82) is 0 Å². The first-order valence-corrected chi connectivity index (χ1v) is 6.15. The lowest BCUT2D eigenvalue weighted by Crippen LogP contribution is -1.94. The summed E-state index contributed by atoms with van der Waals surface area (Å²) >= 11 is 3.56. The third kappa shape index (κ3) is 2.78. The summed E-state index contributed by atoms with van der Waals surface area (Å²) < 4.78 is 0. The van der Waals surface area contributed by atoms with Crippen LogP contribution in [0.15, 0.2) is 36.5 Å². The summed E-state index contributed by atoms with van der Waals surface area (Å²) in [6, 6.07) is 10.5. The Morgan fingerprint density at radius 2 is 2.13 bits per heavy atom. The van der Waals surface area contributed by atoms with Crippen molar-refractivity contribution in [3.05, 3.63) is 42.1 Å². The largest absolute Gasteiger partial charge is 0.256 e. The summed E-state index contributed by atoms with van der Waals surface area (Å²) in [4.78, 5) is 5.02. The van der Waals surface area contributed by atoms with Gasteiger partial charge in [-0.25, -0.2) is 0 Å². The molecule has 0 aliphatic carbocycles. The van der Waals surface area contributed by atoms with Gasteiger partial charge in [-0.15, -0.1) is 0 Å². The molecule has 2 heteroatoms. The van der Waals surface area contributed by atoms with Gasteiger partial charge in [0.15, 0.2) is 0 Å². The van der Waals surface area contributed by atoms with Gasteiger partial charge in [-0.2, -0.15) is 0 Å². The molecule has 0 aliphatic heterocycles. The predicted octanol–water partition coefficient (Wildman–Crippen LogP) is 3.95. The number of fused-ring (bicyclic) bond motifs is 1. The summed E-state index contributed by atoms with van der Waals surface area (Å²) in [5, 5.41) is 1.23. The lowest BCUT2D eigenvalue weighted by atomic mass is 10.1. The number of aromatic nitrogens is 1. The molecule has 1 atom stereocenters. The zero-order valence-corrected chi connectivity index (χ0v) is 10.4. The van der Waals surface area contributed by atoms with E-state index in [1.807, 2.05) is 18.3 Å². The van der Waals surface area contributed by atoms with Gasteiger partial charge in [0, 0.05) is 16.4 Å². The van der Waals surface area contributed by atoms with Gasteiger partial charge in [-0.1, -0.05) is 41.1 Å².